The number of likely N-dealkylation sites (tertiary alicyclic amines) is 1. The summed E-state index contributed by atoms with van der Waals surface area (Å²) in [5.41, 5.74) is 0. The molecule has 0 unspecified atom stereocenters. The molecule has 1 aromatic rings. The summed E-state index contributed by atoms with van der Waals surface area (Å²) in [4.78, 5) is 18.6. The number of thioether (sulfide) groups is 1. The quantitative estimate of drug-likeness (QED) is 0.846. The molecule has 22 heavy (non-hydrogen) atoms. The lowest BCUT2D eigenvalue weighted by Crippen LogP contribution is -2.62. The molecule has 3 fully saturated rings. The average molecular weight is 320 g/mol. The first-order valence-electron chi connectivity index (χ1n) is 7.82. The van der Waals surface area contributed by atoms with Crippen molar-refractivity contribution in [2.45, 2.75) is 23.7 Å². The second-order valence-electron chi connectivity index (χ2n) is 6.36. The van der Waals surface area contributed by atoms with Crippen LogP contribution in [0.2, 0.25) is 0 Å². The maximum absolute atomic E-state index is 12.3. The molecule has 4 rings (SSSR count). The zero-order valence-corrected chi connectivity index (χ0v) is 13.3. The normalized spacial score (nSPS) is 29.5. The van der Waals surface area contributed by atoms with Gasteiger partial charge in [-0.3, -0.25) is 4.79 Å². The first-order valence-corrected chi connectivity index (χ1v) is 8.81. The summed E-state index contributed by atoms with van der Waals surface area (Å²) in [5, 5.41) is 0. The highest BCUT2D eigenvalue weighted by Gasteiger charge is 2.52. The molecule has 0 aliphatic carbocycles. The maximum Gasteiger partial charge on any atom is 0.228 e. The number of aromatic nitrogens is 1. The van der Waals surface area contributed by atoms with E-state index in [1.165, 1.54) is 0 Å². The molecule has 4 heterocycles. The molecule has 0 radical (unpaired) electrons. The van der Waals surface area contributed by atoms with E-state index in [0.717, 1.165) is 38.3 Å². The van der Waals surface area contributed by atoms with Gasteiger partial charge in [-0.05, 0) is 12.5 Å². The second kappa shape index (κ2) is 5.74. The number of carbonyl (C=O) groups excluding carboxylic acids is 1. The Morgan fingerprint density at radius 1 is 1.45 bits per heavy atom. The van der Waals surface area contributed by atoms with Crippen LogP contribution in [0.3, 0.4) is 0 Å². The maximum atomic E-state index is 12.3. The van der Waals surface area contributed by atoms with E-state index < -0.39 is 0 Å². The smallest absolute Gasteiger partial charge is 0.228 e. The fraction of sp³-hybridized carbons (Fsp3) is 0.625. The molecule has 1 aromatic heterocycles. The number of nitrogens with zero attached hydrogens (tertiary/aromatic N) is 2. The topological polar surface area (TPSA) is 51.7 Å². The van der Waals surface area contributed by atoms with Gasteiger partial charge < -0.3 is 14.4 Å². The Bertz CT molecular complexity index is 542. The molecule has 5 nitrogen and oxygen atoms in total. The Morgan fingerprint density at radius 2 is 2.36 bits per heavy atom. The van der Waals surface area contributed by atoms with Crippen molar-refractivity contribution < 1.29 is 14.3 Å². The number of carbonyl (C=O) groups is 1. The van der Waals surface area contributed by atoms with Gasteiger partial charge in [-0.2, -0.15) is 0 Å². The van der Waals surface area contributed by atoms with E-state index in [9.17, 15) is 4.79 Å². The number of pyridine rings is 1. The number of hydrogen-bond donors (Lipinski definition) is 0. The molecule has 3 aliphatic heterocycles. The van der Waals surface area contributed by atoms with Crippen LogP contribution in [0.5, 0.6) is 5.88 Å². The highest BCUT2D eigenvalue weighted by molar-refractivity contribution is 8.01. The molecule has 0 saturated carbocycles. The minimum atomic E-state index is 0.0873. The molecule has 2 atom stereocenters. The fourth-order valence-electron chi connectivity index (χ4n) is 3.48. The SMILES string of the molecule is O=C([C@H]1CCOC1)N1CC2(C[C@H](Oc3ccccn3)CS2)C1. The van der Waals surface area contributed by atoms with Crippen molar-refractivity contribution in [1.82, 2.24) is 9.88 Å². The molecular formula is C16H20N2O3S. The van der Waals surface area contributed by atoms with Crippen LogP contribution in [0.25, 0.3) is 0 Å². The van der Waals surface area contributed by atoms with Gasteiger partial charge >= 0.3 is 0 Å². The summed E-state index contributed by atoms with van der Waals surface area (Å²) in [6, 6.07) is 5.72. The van der Waals surface area contributed by atoms with Gasteiger partial charge in [-0.15, -0.1) is 11.8 Å². The molecule has 3 saturated heterocycles. The molecule has 0 N–H and O–H groups in total. The summed E-state index contributed by atoms with van der Waals surface area (Å²) in [7, 11) is 0. The van der Waals surface area contributed by atoms with Gasteiger partial charge in [-0.1, -0.05) is 6.07 Å². The third kappa shape index (κ3) is 2.70. The van der Waals surface area contributed by atoms with Gasteiger partial charge in [0.25, 0.3) is 0 Å². The molecule has 1 spiro atoms. The van der Waals surface area contributed by atoms with Crippen molar-refractivity contribution >= 4 is 17.7 Å². The average Bonchev–Trinajstić information content (AvgIpc) is 3.16. The van der Waals surface area contributed by atoms with E-state index in [-0.39, 0.29) is 22.7 Å². The molecule has 0 aromatic carbocycles. The molecule has 3 aliphatic rings. The van der Waals surface area contributed by atoms with Crippen molar-refractivity contribution in [3.05, 3.63) is 24.4 Å². The number of hydrogen-bond acceptors (Lipinski definition) is 5. The van der Waals surface area contributed by atoms with Crippen molar-refractivity contribution in [3.8, 4) is 5.88 Å². The van der Waals surface area contributed by atoms with Crippen LogP contribution in [0.15, 0.2) is 24.4 Å². The van der Waals surface area contributed by atoms with Crippen molar-refractivity contribution in [3.63, 3.8) is 0 Å². The Morgan fingerprint density at radius 3 is 3.09 bits per heavy atom. The highest BCUT2D eigenvalue weighted by atomic mass is 32.2. The molecular weight excluding hydrogens is 300 g/mol. The lowest BCUT2D eigenvalue weighted by Gasteiger charge is -2.48. The standard InChI is InChI=1S/C16H20N2O3S/c19-15(12-4-6-20-8-12)18-10-16(11-18)7-13(9-22-16)21-14-3-1-2-5-17-14/h1-3,5,12-13H,4,6-11H2/t12-,13-/m0/s1. The molecule has 118 valence electrons. The third-order valence-electron chi connectivity index (χ3n) is 4.65. The lowest BCUT2D eigenvalue weighted by molar-refractivity contribution is -0.141. The van der Waals surface area contributed by atoms with Gasteiger partial charge in [0, 0.05) is 44.1 Å². The monoisotopic (exact) mass is 320 g/mol. The zero-order chi connectivity index (χ0) is 15.0. The van der Waals surface area contributed by atoms with E-state index in [2.05, 4.69) is 4.98 Å². The fourth-order valence-corrected chi connectivity index (χ4v) is 5.00. The zero-order valence-electron chi connectivity index (χ0n) is 12.4. The van der Waals surface area contributed by atoms with Crippen LogP contribution in [0.4, 0.5) is 0 Å². The Hall–Kier alpha value is -1.27. The van der Waals surface area contributed by atoms with E-state index in [4.69, 9.17) is 9.47 Å². The summed E-state index contributed by atoms with van der Waals surface area (Å²) in [6.45, 7) is 3.04. The van der Waals surface area contributed by atoms with Gasteiger partial charge in [0.1, 0.15) is 6.10 Å². The Labute approximate surface area is 134 Å². The van der Waals surface area contributed by atoms with Crippen LogP contribution in [-0.4, -0.2) is 58.7 Å². The van der Waals surface area contributed by atoms with Crippen molar-refractivity contribution in [2.75, 3.05) is 32.1 Å². The summed E-state index contributed by atoms with van der Waals surface area (Å²) in [6.07, 6.45) is 3.83. The minimum absolute atomic E-state index is 0.0873. The number of amides is 1. The van der Waals surface area contributed by atoms with E-state index in [1.54, 1.807) is 6.20 Å². The Balaban J connectivity index is 1.29. The number of ether oxygens (including phenoxy) is 2. The summed E-state index contributed by atoms with van der Waals surface area (Å²) >= 11 is 1.94. The molecule has 6 heteroatoms. The predicted molar refractivity (Wildman–Crippen MR) is 84.0 cm³/mol. The van der Waals surface area contributed by atoms with Crippen LogP contribution in [0, 0.1) is 5.92 Å². The predicted octanol–water partition coefficient (Wildman–Crippen LogP) is 1.58. The third-order valence-corrected chi connectivity index (χ3v) is 6.22. The van der Waals surface area contributed by atoms with E-state index in [0.29, 0.717) is 12.5 Å². The van der Waals surface area contributed by atoms with Crippen molar-refractivity contribution in [1.29, 1.82) is 0 Å². The van der Waals surface area contributed by atoms with Crippen LogP contribution >= 0.6 is 11.8 Å². The summed E-state index contributed by atoms with van der Waals surface area (Å²) in [5.74, 6) is 2.04. The lowest BCUT2D eigenvalue weighted by atomic mass is 9.91. The van der Waals surface area contributed by atoms with Gasteiger partial charge in [0.05, 0.1) is 17.3 Å². The highest BCUT2D eigenvalue weighted by Crippen LogP contribution is 2.46. The minimum Gasteiger partial charge on any atom is -0.473 e. The second-order valence-corrected chi connectivity index (χ2v) is 7.85. The van der Waals surface area contributed by atoms with Crippen LogP contribution in [-0.2, 0) is 9.53 Å². The first kappa shape index (κ1) is 14.3. The van der Waals surface area contributed by atoms with Crippen LogP contribution in [0.1, 0.15) is 12.8 Å². The van der Waals surface area contributed by atoms with Crippen molar-refractivity contribution in [2.24, 2.45) is 5.92 Å². The molecule has 0 bridgehead atoms. The Kier molecular flexibility index (Phi) is 3.74. The largest absolute Gasteiger partial charge is 0.473 e. The van der Waals surface area contributed by atoms with Gasteiger partial charge in [0.15, 0.2) is 0 Å². The van der Waals surface area contributed by atoms with Gasteiger partial charge in [-0.25, -0.2) is 4.98 Å². The summed E-state index contributed by atoms with van der Waals surface area (Å²) < 4.78 is 11.5. The van der Waals surface area contributed by atoms with Gasteiger partial charge in [0.2, 0.25) is 11.8 Å². The van der Waals surface area contributed by atoms with Crippen LogP contribution < -0.4 is 4.74 Å². The molecule has 1 amide bonds. The first-order chi connectivity index (χ1) is 10.7. The van der Waals surface area contributed by atoms with E-state index in [1.807, 2.05) is 34.9 Å². The number of rotatable bonds is 3. The van der Waals surface area contributed by atoms with E-state index >= 15 is 0 Å².